The van der Waals surface area contributed by atoms with Gasteiger partial charge in [0.05, 0.1) is 12.5 Å². The summed E-state index contributed by atoms with van der Waals surface area (Å²) in [6.45, 7) is 0.783. The van der Waals surface area contributed by atoms with Crippen LogP contribution in [0.15, 0.2) is 24.3 Å². The summed E-state index contributed by atoms with van der Waals surface area (Å²) in [5.74, 6) is -2.54. The normalized spacial score (nSPS) is 25.0. The Morgan fingerprint density at radius 2 is 1.94 bits per heavy atom. The minimum absolute atomic E-state index is 0.0275. The number of carboxylic acid groups (broad SMARTS) is 2. The number of hydrogen-bond acceptors (Lipinski definition) is 5. The molecule has 3 aliphatic rings. The molecule has 0 unspecified atom stereocenters. The number of carbonyl (C=O) groups is 4. The number of amides is 2. The molecule has 4 atom stereocenters. The Morgan fingerprint density at radius 1 is 1.15 bits per heavy atom. The van der Waals surface area contributed by atoms with Gasteiger partial charge in [0.2, 0.25) is 11.8 Å². The molecule has 0 saturated carbocycles. The summed E-state index contributed by atoms with van der Waals surface area (Å²) in [5, 5.41) is 22.1. The Bertz CT molecular complexity index is 1140. The summed E-state index contributed by atoms with van der Waals surface area (Å²) in [5.41, 5.74) is 2.80. The number of para-hydroxylation sites is 1. The van der Waals surface area contributed by atoms with Gasteiger partial charge in [0.15, 0.2) is 0 Å². The van der Waals surface area contributed by atoms with Gasteiger partial charge in [-0.3, -0.25) is 19.2 Å². The second-order valence-electron chi connectivity index (χ2n) is 8.97. The van der Waals surface area contributed by atoms with Crippen LogP contribution >= 0.6 is 0 Å². The number of H-pyrrole nitrogens is 1. The number of hydrogen-bond donors (Lipinski definition) is 4. The molecular weight excluding hydrogens is 428 g/mol. The predicted molar refractivity (Wildman–Crippen MR) is 116 cm³/mol. The van der Waals surface area contributed by atoms with Crippen molar-refractivity contribution < 1.29 is 29.4 Å². The van der Waals surface area contributed by atoms with E-state index in [1.165, 1.54) is 0 Å². The summed E-state index contributed by atoms with van der Waals surface area (Å²) < 4.78 is 0. The number of piperazine rings is 1. The number of carbonyl (C=O) groups excluding carboxylic acids is 2. The van der Waals surface area contributed by atoms with Gasteiger partial charge in [0.1, 0.15) is 18.1 Å². The molecule has 0 bridgehead atoms. The van der Waals surface area contributed by atoms with E-state index in [2.05, 4.69) is 10.3 Å². The number of aromatic nitrogens is 1. The van der Waals surface area contributed by atoms with Crippen molar-refractivity contribution in [2.45, 2.75) is 56.3 Å². The van der Waals surface area contributed by atoms with Gasteiger partial charge in [0, 0.05) is 29.6 Å². The van der Waals surface area contributed by atoms with E-state index in [0.717, 1.165) is 28.6 Å². The monoisotopic (exact) mass is 454 g/mol. The van der Waals surface area contributed by atoms with Crippen LogP contribution in [0.5, 0.6) is 0 Å². The fraction of sp³-hybridized carbons (Fsp3) is 0.478. The van der Waals surface area contributed by atoms with E-state index in [4.69, 9.17) is 5.11 Å². The molecule has 2 amide bonds. The van der Waals surface area contributed by atoms with Crippen LogP contribution in [0.4, 0.5) is 0 Å². The molecule has 10 nitrogen and oxygen atoms in total. The van der Waals surface area contributed by atoms with Crippen LogP contribution in [0.3, 0.4) is 0 Å². The van der Waals surface area contributed by atoms with Crippen molar-refractivity contribution in [3.05, 3.63) is 35.5 Å². The van der Waals surface area contributed by atoms with Crippen LogP contribution in [0.1, 0.15) is 43.0 Å². The zero-order chi connectivity index (χ0) is 23.3. The lowest BCUT2D eigenvalue weighted by atomic mass is 9.86. The van der Waals surface area contributed by atoms with E-state index in [1.54, 1.807) is 9.80 Å². The van der Waals surface area contributed by atoms with E-state index >= 15 is 0 Å². The van der Waals surface area contributed by atoms with Gasteiger partial charge in [0.25, 0.3) is 0 Å². The molecule has 0 radical (unpaired) electrons. The molecule has 0 aliphatic carbocycles. The van der Waals surface area contributed by atoms with Crippen LogP contribution in [-0.4, -0.2) is 80.0 Å². The summed E-state index contributed by atoms with van der Waals surface area (Å²) >= 11 is 0. The summed E-state index contributed by atoms with van der Waals surface area (Å²) in [7, 11) is 0. The third kappa shape index (κ3) is 3.54. The third-order valence-electron chi connectivity index (χ3n) is 7.09. The Hall–Kier alpha value is -3.40. The van der Waals surface area contributed by atoms with Gasteiger partial charge in [-0.05, 0) is 37.4 Å². The highest BCUT2D eigenvalue weighted by atomic mass is 16.4. The number of nitrogens with zero attached hydrogens (tertiary/aromatic N) is 2. The van der Waals surface area contributed by atoms with Gasteiger partial charge in [-0.1, -0.05) is 18.2 Å². The predicted octanol–water partition coefficient (Wildman–Crippen LogP) is 0.875. The zero-order valence-electron chi connectivity index (χ0n) is 18.0. The molecule has 10 heteroatoms. The first-order chi connectivity index (χ1) is 15.9. The first-order valence-corrected chi connectivity index (χ1v) is 11.3. The lowest BCUT2D eigenvalue weighted by Gasteiger charge is -2.48. The van der Waals surface area contributed by atoms with Crippen LogP contribution in [-0.2, 0) is 25.6 Å². The maximum Gasteiger partial charge on any atom is 0.321 e. The molecule has 4 N–H and O–H groups in total. The molecule has 0 spiro atoms. The maximum atomic E-state index is 13.5. The molecule has 33 heavy (non-hydrogen) atoms. The molecule has 5 rings (SSSR count). The van der Waals surface area contributed by atoms with Crippen LogP contribution < -0.4 is 5.32 Å². The van der Waals surface area contributed by atoms with E-state index < -0.39 is 42.5 Å². The fourth-order valence-electron chi connectivity index (χ4n) is 5.64. The number of benzene rings is 1. The number of aromatic amines is 1. The van der Waals surface area contributed by atoms with Crippen molar-refractivity contribution in [2.75, 3.05) is 13.1 Å². The SMILES string of the molecule is O=C(O)C[C@@H](NCC[C@H]1c2[nH]c3ccccc3c2C[C@H]2C(=O)N3CCC[C@H]3C(=O)N21)C(=O)O. The van der Waals surface area contributed by atoms with Crippen LogP contribution in [0, 0.1) is 0 Å². The van der Waals surface area contributed by atoms with Crippen molar-refractivity contribution in [2.24, 2.45) is 0 Å². The van der Waals surface area contributed by atoms with Gasteiger partial charge < -0.3 is 30.3 Å². The molecule has 2 fully saturated rings. The Kier molecular flexibility index (Phi) is 5.32. The molecular formula is C23H26N4O6. The van der Waals surface area contributed by atoms with Crippen molar-refractivity contribution in [1.82, 2.24) is 20.1 Å². The van der Waals surface area contributed by atoms with Crippen molar-refractivity contribution in [3.8, 4) is 0 Å². The molecule has 174 valence electrons. The largest absolute Gasteiger partial charge is 0.481 e. The van der Waals surface area contributed by atoms with Gasteiger partial charge in [-0.15, -0.1) is 0 Å². The van der Waals surface area contributed by atoms with Gasteiger partial charge in [-0.25, -0.2) is 0 Å². The van der Waals surface area contributed by atoms with E-state index in [0.29, 0.717) is 25.8 Å². The van der Waals surface area contributed by atoms with E-state index in [9.17, 15) is 24.3 Å². The fourth-order valence-corrected chi connectivity index (χ4v) is 5.64. The molecule has 2 saturated heterocycles. The van der Waals surface area contributed by atoms with Crippen molar-refractivity contribution >= 4 is 34.7 Å². The highest BCUT2D eigenvalue weighted by molar-refractivity contribution is 5.99. The van der Waals surface area contributed by atoms with Crippen LogP contribution in [0.2, 0.25) is 0 Å². The van der Waals surface area contributed by atoms with Crippen molar-refractivity contribution in [1.29, 1.82) is 0 Å². The quantitative estimate of drug-likeness (QED) is 0.486. The summed E-state index contributed by atoms with van der Waals surface area (Å²) in [4.78, 5) is 56.1. The molecule has 4 heterocycles. The van der Waals surface area contributed by atoms with Gasteiger partial charge in [-0.2, -0.15) is 0 Å². The average Bonchev–Trinajstić information content (AvgIpc) is 3.41. The van der Waals surface area contributed by atoms with Gasteiger partial charge >= 0.3 is 11.9 Å². The second kappa shape index (κ2) is 8.18. The van der Waals surface area contributed by atoms with Crippen molar-refractivity contribution in [3.63, 3.8) is 0 Å². The number of nitrogens with one attached hydrogen (secondary N) is 2. The number of aliphatic carboxylic acids is 2. The third-order valence-corrected chi connectivity index (χ3v) is 7.09. The summed E-state index contributed by atoms with van der Waals surface area (Å²) in [6.07, 6.45) is 1.70. The summed E-state index contributed by atoms with van der Waals surface area (Å²) in [6, 6.07) is 5.13. The molecule has 1 aromatic heterocycles. The Morgan fingerprint density at radius 3 is 2.70 bits per heavy atom. The van der Waals surface area contributed by atoms with E-state index in [-0.39, 0.29) is 18.4 Å². The number of carboxylic acids is 2. The Balaban J connectivity index is 1.48. The average molecular weight is 454 g/mol. The minimum Gasteiger partial charge on any atom is -0.481 e. The minimum atomic E-state index is -1.24. The first kappa shape index (κ1) is 21.4. The standard InChI is InChI=1S/C23H26N4O6/c28-19(29)11-15(23(32)33)24-8-7-16-20-13(12-4-1-2-5-14(12)25-20)10-18-21(30)26-9-3-6-17(26)22(31)27(16)18/h1-2,4-5,15-18,24-25H,3,6-11H2,(H,28,29)(H,32,33)/t15-,16+,17+,18+/m1/s1. The maximum absolute atomic E-state index is 13.5. The van der Waals surface area contributed by atoms with Crippen LogP contribution in [0.25, 0.3) is 10.9 Å². The molecule has 2 aromatic rings. The highest BCUT2D eigenvalue weighted by Crippen LogP contribution is 2.42. The molecule has 3 aliphatic heterocycles. The highest BCUT2D eigenvalue weighted by Gasteiger charge is 2.52. The number of fused-ring (bicyclic) bond motifs is 5. The van der Waals surface area contributed by atoms with E-state index in [1.807, 2.05) is 24.3 Å². The second-order valence-corrected chi connectivity index (χ2v) is 8.97. The first-order valence-electron chi connectivity index (χ1n) is 11.3. The lowest BCUT2D eigenvalue weighted by Crippen LogP contribution is -2.65. The topological polar surface area (TPSA) is 143 Å². The lowest BCUT2D eigenvalue weighted by molar-refractivity contribution is -0.163. The Labute approximate surface area is 189 Å². The zero-order valence-corrected chi connectivity index (χ0v) is 18.0. The number of rotatable bonds is 7. The smallest absolute Gasteiger partial charge is 0.321 e. The molecule has 1 aromatic carbocycles.